The van der Waals surface area contributed by atoms with Crippen LogP contribution in [0.25, 0.3) is 0 Å². The van der Waals surface area contributed by atoms with E-state index in [4.69, 9.17) is 5.11 Å². The van der Waals surface area contributed by atoms with Crippen LogP contribution in [0.1, 0.15) is 57.7 Å². The van der Waals surface area contributed by atoms with E-state index in [9.17, 15) is 31.9 Å². The first kappa shape index (κ1) is 35.7. The zero-order valence-corrected chi connectivity index (χ0v) is 26.1. The number of aliphatic hydroxyl groups is 2. The van der Waals surface area contributed by atoms with E-state index in [1.807, 2.05) is 38.1 Å². The molecular weight excluding hydrogens is 606 g/mol. The molecule has 0 fully saturated rings. The van der Waals surface area contributed by atoms with Gasteiger partial charge in [0.1, 0.15) is 11.6 Å². The summed E-state index contributed by atoms with van der Waals surface area (Å²) in [5, 5.41) is 28.7. The maximum absolute atomic E-state index is 14.0. The SMILES string of the molecule is CCCNC(=O)c1cc(C(=O)N[C@@H](Cc2cc(F)cc(F)c2)[C@H](O)CNCc2cccc(CC)c2)cc(S(=O)(=O)NCCO)c1. The van der Waals surface area contributed by atoms with Crippen molar-refractivity contribution < 1.29 is 37.0 Å². The molecule has 3 aromatic rings. The molecular formula is C32H40F2N4O6S. The topological polar surface area (TPSA) is 157 Å². The Hall–Kier alpha value is -3.75. The Morgan fingerprint density at radius 2 is 1.53 bits per heavy atom. The first-order valence-electron chi connectivity index (χ1n) is 14.7. The van der Waals surface area contributed by atoms with Crippen molar-refractivity contribution in [1.29, 1.82) is 0 Å². The highest BCUT2D eigenvalue weighted by Gasteiger charge is 2.25. The molecule has 45 heavy (non-hydrogen) atoms. The summed E-state index contributed by atoms with van der Waals surface area (Å²) in [6.07, 6.45) is 0.0821. The number of benzene rings is 3. The van der Waals surface area contributed by atoms with Gasteiger partial charge in [0.25, 0.3) is 11.8 Å². The first-order chi connectivity index (χ1) is 21.4. The Morgan fingerprint density at radius 1 is 0.867 bits per heavy atom. The van der Waals surface area contributed by atoms with E-state index in [0.29, 0.717) is 25.6 Å². The summed E-state index contributed by atoms with van der Waals surface area (Å²) >= 11 is 0. The lowest BCUT2D eigenvalue weighted by Gasteiger charge is -2.25. The van der Waals surface area contributed by atoms with E-state index in [-0.39, 0.29) is 41.1 Å². The molecule has 13 heteroatoms. The summed E-state index contributed by atoms with van der Waals surface area (Å²) in [6.45, 7) is 3.85. The number of aryl methyl sites for hydroxylation is 1. The van der Waals surface area contributed by atoms with E-state index in [1.165, 1.54) is 6.07 Å². The molecule has 2 atom stereocenters. The number of halogens is 2. The van der Waals surface area contributed by atoms with E-state index >= 15 is 0 Å². The van der Waals surface area contributed by atoms with Crippen LogP contribution in [-0.2, 0) is 29.4 Å². The number of rotatable bonds is 17. The number of carbonyl (C=O) groups excluding carboxylic acids is 2. The number of hydrogen-bond donors (Lipinski definition) is 6. The summed E-state index contributed by atoms with van der Waals surface area (Å²) in [5.74, 6) is -3.08. The molecule has 10 nitrogen and oxygen atoms in total. The second-order valence-corrected chi connectivity index (χ2v) is 12.3. The van der Waals surface area contributed by atoms with Crippen molar-refractivity contribution in [3.05, 3.63) is 100 Å². The van der Waals surface area contributed by atoms with Crippen molar-refractivity contribution in [3.8, 4) is 0 Å². The van der Waals surface area contributed by atoms with Gasteiger partial charge in [-0.3, -0.25) is 9.59 Å². The van der Waals surface area contributed by atoms with Gasteiger partial charge >= 0.3 is 0 Å². The molecule has 2 amide bonds. The van der Waals surface area contributed by atoms with Crippen LogP contribution < -0.4 is 20.7 Å². The van der Waals surface area contributed by atoms with Gasteiger partial charge in [-0.25, -0.2) is 21.9 Å². The van der Waals surface area contributed by atoms with Crippen LogP contribution in [-0.4, -0.2) is 68.8 Å². The molecule has 0 bridgehead atoms. The van der Waals surface area contributed by atoms with Crippen molar-refractivity contribution in [2.24, 2.45) is 0 Å². The normalized spacial score (nSPS) is 12.8. The van der Waals surface area contributed by atoms with Crippen LogP contribution in [0.15, 0.2) is 65.6 Å². The van der Waals surface area contributed by atoms with Gasteiger partial charge < -0.3 is 26.2 Å². The van der Waals surface area contributed by atoms with Gasteiger partial charge in [-0.05, 0) is 66.3 Å². The minimum Gasteiger partial charge on any atom is -0.395 e. The quantitative estimate of drug-likeness (QED) is 0.132. The summed E-state index contributed by atoms with van der Waals surface area (Å²) in [7, 11) is -4.21. The number of hydrogen-bond acceptors (Lipinski definition) is 7. The maximum atomic E-state index is 14.0. The average molecular weight is 647 g/mol. The summed E-state index contributed by atoms with van der Waals surface area (Å²) in [4.78, 5) is 25.9. The fourth-order valence-electron chi connectivity index (χ4n) is 4.60. The van der Waals surface area contributed by atoms with Gasteiger partial charge in [0, 0.05) is 43.4 Å². The Morgan fingerprint density at radius 3 is 2.18 bits per heavy atom. The molecule has 0 aromatic heterocycles. The van der Waals surface area contributed by atoms with Crippen LogP contribution in [0.4, 0.5) is 8.78 Å². The fraction of sp³-hybridized carbons (Fsp3) is 0.375. The molecule has 0 saturated carbocycles. The van der Waals surface area contributed by atoms with E-state index in [0.717, 1.165) is 41.8 Å². The minimum atomic E-state index is -4.21. The average Bonchev–Trinajstić information content (AvgIpc) is 3.01. The molecule has 3 rings (SSSR count). The van der Waals surface area contributed by atoms with Crippen LogP contribution >= 0.6 is 0 Å². The summed E-state index contributed by atoms with van der Waals surface area (Å²) in [6, 6.07) is 13.1. The maximum Gasteiger partial charge on any atom is 0.251 e. The van der Waals surface area contributed by atoms with Crippen molar-refractivity contribution in [2.45, 2.75) is 56.7 Å². The van der Waals surface area contributed by atoms with Crippen molar-refractivity contribution in [1.82, 2.24) is 20.7 Å². The lowest BCUT2D eigenvalue weighted by atomic mass is 9.99. The smallest absolute Gasteiger partial charge is 0.251 e. The zero-order valence-electron chi connectivity index (χ0n) is 25.3. The van der Waals surface area contributed by atoms with Gasteiger partial charge in [0.05, 0.1) is 23.6 Å². The molecule has 0 aliphatic heterocycles. The minimum absolute atomic E-state index is 0.00324. The van der Waals surface area contributed by atoms with Crippen molar-refractivity contribution in [2.75, 3.05) is 26.2 Å². The third-order valence-electron chi connectivity index (χ3n) is 6.92. The number of amides is 2. The van der Waals surface area contributed by atoms with E-state index in [2.05, 4.69) is 20.7 Å². The van der Waals surface area contributed by atoms with Crippen molar-refractivity contribution in [3.63, 3.8) is 0 Å². The predicted molar refractivity (Wildman–Crippen MR) is 166 cm³/mol. The van der Waals surface area contributed by atoms with E-state index < -0.39 is 52.2 Å². The van der Waals surface area contributed by atoms with Crippen LogP contribution in [0.3, 0.4) is 0 Å². The highest BCUT2D eigenvalue weighted by atomic mass is 32.2. The lowest BCUT2D eigenvalue weighted by molar-refractivity contribution is 0.0829. The van der Waals surface area contributed by atoms with Crippen LogP contribution in [0, 0.1) is 11.6 Å². The molecule has 0 radical (unpaired) electrons. The number of sulfonamides is 1. The summed E-state index contributed by atoms with van der Waals surface area (Å²) in [5.41, 5.74) is 2.01. The molecule has 244 valence electrons. The lowest BCUT2D eigenvalue weighted by Crippen LogP contribution is -2.48. The molecule has 0 aliphatic carbocycles. The standard InChI is InChI=1S/C32H40F2N4O6S/c1-3-8-36-31(41)24-15-25(17-28(16-24)45(43,44)37-9-10-39)32(42)38-29(14-23-12-26(33)18-27(34)13-23)30(40)20-35-19-22-7-5-6-21(4-2)11-22/h5-7,11-13,15-18,29-30,35,37,39-40H,3-4,8-10,14,19-20H2,1-2H3,(H,36,41)(H,38,42)/t29-,30+/m0/s1. The fourth-order valence-corrected chi connectivity index (χ4v) is 5.70. The zero-order chi connectivity index (χ0) is 33.0. The Bertz CT molecular complexity index is 1550. The third-order valence-corrected chi connectivity index (χ3v) is 8.36. The van der Waals surface area contributed by atoms with Crippen LogP contribution in [0.2, 0.25) is 0 Å². The van der Waals surface area contributed by atoms with E-state index in [1.54, 1.807) is 0 Å². The van der Waals surface area contributed by atoms with Crippen molar-refractivity contribution >= 4 is 21.8 Å². The molecule has 0 saturated heterocycles. The summed E-state index contributed by atoms with van der Waals surface area (Å²) < 4.78 is 55.9. The first-order valence-corrected chi connectivity index (χ1v) is 16.2. The molecule has 0 heterocycles. The van der Waals surface area contributed by atoms with Gasteiger partial charge in [-0.15, -0.1) is 0 Å². The molecule has 0 aliphatic rings. The van der Waals surface area contributed by atoms with Gasteiger partial charge in [-0.1, -0.05) is 38.1 Å². The second kappa shape index (κ2) is 17.1. The highest BCUT2D eigenvalue weighted by Crippen LogP contribution is 2.18. The van der Waals surface area contributed by atoms with Gasteiger partial charge in [-0.2, -0.15) is 0 Å². The molecule has 3 aromatic carbocycles. The Labute approximate surface area is 262 Å². The second-order valence-electron chi connectivity index (χ2n) is 10.6. The largest absolute Gasteiger partial charge is 0.395 e. The Kier molecular flexibility index (Phi) is 13.6. The highest BCUT2D eigenvalue weighted by molar-refractivity contribution is 7.89. The monoisotopic (exact) mass is 646 g/mol. The Balaban J connectivity index is 1.90. The molecule has 6 N–H and O–H groups in total. The van der Waals surface area contributed by atoms with Gasteiger partial charge in [0.2, 0.25) is 10.0 Å². The van der Waals surface area contributed by atoms with Crippen LogP contribution in [0.5, 0.6) is 0 Å². The molecule has 0 unspecified atom stereocenters. The molecule has 0 spiro atoms. The predicted octanol–water partition coefficient (Wildman–Crippen LogP) is 2.43. The number of nitrogens with one attached hydrogen (secondary N) is 4. The number of aliphatic hydroxyl groups excluding tert-OH is 2. The third kappa shape index (κ3) is 11.0. The number of carbonyl (C=O) groups is 2. The van der Waals surface area contributed by atoms with Gasteiger partial charge in [0.15, 0.2) is 0 Å².